The number of hydrogen-bond donors (Lipinski definition) is 1. The van der Waals surface area contributed by atoms with Gasteiger partial charge in [-0.1, -0.05) is 56.3 Å². The van der Waals surface area contributed by atoms with Gasteiger partial charge in [-0.25, -0.2) is 0 Å². The zero-order valence-corrected chi connectivity index (χ0v) is 13.6. The van der Waals surface area contributed by atoms with Gasteiger partial charge in [0.05, 0.1) is 0 Å². The second-order valence-corrected chi connectivity index (χ2v) is 6.77. The molecule has 2 N–H and O–H groups in total. The fraction of sp³-hybridized carbons (Fsp3) is 0.294. The maximum Gasteiger partial charge on any atom is 0.0172 e. The van der Waals surface area contributed by atoms with Crippen LogP contribution in [-0.4, -0.2) is 6.04 Å². The van der Waals surface area contributed by atoms with E-state index in [9.17, 15) is 0 Å². The molecule has 0 aliphatic carbocycles. The molecule has 1 unspecified atom stereocenters. The molecule has 19 heavy (non-hydrogen) atoms. The van der Waals surface area contributed by atoms with E-state index in [1.54, 1.807) is 0 Å². The van der Waals surface area contributed by atoms with Gasteiger partial charge in [-0.2, -0.15) is 0 Å². The lowest BCUT2D eigenvalue weighted by Gasteiger charge is -2.32. The van der Waals surface area contributed by atoms with Crippen LogP contribution in [-0.2, 0) is 11.8 Å². The maximum absolute atomic E-state index is 6.45. The van der Waals surface area contributed by atoms with Crippen molar-refractivity contribution in [3.8, 4) is 0 Å². The number of halogens is 1. The molecule has 100 valence electrons. The average Bonchev–Trinajstić information content (AvgIpc) is 2.42. The Morgan fingerprint density at radius 1 is 1.00 bits per heavy atom. The Bertz CT molecular complexity index is 517. The molecule has 0 bridgehead atoms. The van der Waals surface area contributed by atoms with E-state index >= 15 is 0 Å². The van der Waals surface area contributed by atoms with E-state index in [0.717, 1.165) is 6.42 Å². The molecule has 1 atom stereocenters. The van der Waals surface area contributed by atoms with Crippen molar-refractivity contribution >= 4 is 22.6 Å². The van der Waals surface area contributed by atoms with Gasteiger partial charge in [-0.05, 0) is 52.3 Å². The Morgan fingerprint density at radius 3 is 2.16 bits per heavy atom. The third kappa shape index (κ3) is 3.57. The van der Waals surface area contributed by atoms with E-state index in [0.29, 0.717) is 0 Å². The predicted octanol–water partition coefficient (Wildman–Crippen LogP) is 4.14. The van der Waals surface area contributed by atoms with Gasteiger partial charge < -0.3 is 5.73 Å². The minimum Gasteiger partial charge on any atom is -0.327 e. The van der Waals surface area contributed by atoms with Gasteiger partial charge in [0.15, 0.2) is 0 Å². The van der Waals surface area contributed by atoms with Crippen LogP contribution in [0.15, 0.2) is 54.6 Å². The lowest BCUT2D eigenvalue weighted by molar-refractivity contribution is 0.406. The van der Waals surface area contributed by atoms with Crippen LogP contribution in [0.4, 0.5) is 0 Å². The van der Waals surface area contributed by atoms with Crippen molar-refractivity contribution in [3.63, 3.8) is 0 Å². The molecular weight excluding hydrogens is 345 g/mol. The summed E-state index contributed by atoms with van der Waals surface area (Å²) in [6.07, 6.45) is 0.902. The summed E-state index contributed by atoms with van der Waals surface area (Å²) in [4.78, 5) is 0. The molecule has 0 amide bonds. The third-order valence-electron chi connectivity index (χ3n) is 3.81. The fourth-order valence-corrected chi connectivity index (χ4v) is 2.57. The van der Waals surface area contributed by atoms with Gasteiger partial charge in [-0.3, -0.25) is 0 Å². The number of nitrogens with two attached hydrogens (primary N) is 1. The van der Waals surface area contributed by atoms with Gasteiger partial charge in [0.2, 0.25) is 0 Å². The summed E-state index contributed by atoms with van der Waals surface area (Å²) >= 11 is 2.32. The molecule has 0 heterocycles. The Hall–Kier alpha value is -0.870. The zero-order valence-electron chi connectivity index (χ0n) is 11.4. The van der Waals surface area contributed by atoms with Gasteiger partial charge in [0.1, 0.15) is 0 Å². The molecular formula is C17H20IN. The lowest BCUT2D eigenvalue weighted by Crippen LogP contribution is -2.42. The lowest BCUT2D eigenvalue weighted by atomic mass is 9.76. The highest BCUT2D eigenvalue weighted by Crippen LogP contribution is 2.27. The summed E-state index contributed by atoms with van der Waals surface area (Å²) in [5, 5.41) is 0. The average molecular weight is 365 g/mol. The molecule has 2 aromatic carbocycles. The summed E-state index contributed by atoms with van der Waals surface area (Å²) in [6, 6.07) is 19.2. The minimum atomic E-state index is -0.0236. The highest BCUT2D eigenvalue weighted by molar-refractivity contribution is 14.1. The van der Waals surface area contributed by atoms with Gasteiger partial charge >= 0.3 is 0 Å². The molecule has 0 fully saturated rings. The van der Waals surface area contributed by atoms with Crippen LogP contribution >= 0.6 is 22.6 Å². The monoisotopic (exact) mass is 365 g/mol. The number of hydrogen-bond acceptors (Lipinski definition) is 1. The summed E-state index contributed by atoms with van der Waals surface area (Å²) in [6.45, 7) is 4.44. The summed E-state index contributed by atoms with van der Waals surface area (Å²) in [5.74, 6) is 0. The van der Waals surface area contributed by atoms with E-state index in [4.69, 9.17) is 5.73 Å². The maximum atomic E-state index is 6.45. The van der Waals surface area contributed by atoms with Crippen LogP contribution < -0.4 is 5.73 Å². The third-order valence-corrected chi connectivity index (χ3v) is 4.53. The summed E-state index contributed by atoms with van der Waals surface area (Å²) in [7, 11) is 0. The van der Waals surface area contributed by atoms with Crippen LogP contribution in [0.1, 0.15) is 25.0 Å². The van der Waals surface area contributed by atoms with Crippen LogP contribution in [0, 0.1) is 3.57 Å². The van der Waals surface area contributed by atoms with Gasteiger partial charge in [-0.15, -0.1) is 0 Å². The molecule has 0 aliphatic rings. The fourth-order valence-electron chi connectivity index (χ4n) is 2.21. The molecule has 0 aliphatic heterocycles. The van der Waals surface area contributed by atoms with Crippen molar-refractivity contribution in [1.82, 2.24) is 0 Å². The standard InChI is InChI=1S/C17H20IN/c1-17(2,14-6-4-3-5-7-14)16(19)12-13-8-10-15(18)11-9-13/h3-11,16H,12,19H2,1-2H3. The largest absolute Gasteiger partial charge is 0.327 e. The number of benzene rings is 2. The van der Waals surface area contributed by atoms with Crippen LogP contribution in [0.5, 0.6) is 0 Å². The SMILES string of the molecule is CC(C)(c1ccccc1)C(N)Cc1ccc(I)cc1. The second kappa shape index (κ2) is 6.06. The number of rotatable bonds is 4. The van der Waals surface area contributed by atoms with E-state index in [1.807, 2.05) is 6.07 Å². The smallest absolute Gasteiger partial charge is 0.0172 e. The van der Waals surface area contributed by atoms with E-state index < -0.39 is 0 Å². The molecule has 0 saturated heterocycles. The van der Waals surface area contributed by atoms with Crippen molar-refractivity contribution < 1.29 is 0 Å². The first-order valence-corrected chi connectivity index (χ1v) is 7.63. The quantitative estimate of drug-likeness (QED) is 0.810. The molecule has 2 aromatic rings. The molecule has 1 nitrogen and oxygen atoms in total. The Labute approximate surface area is 129 Å². The molecule has 0 aromatic heterocycles. The first kappa shape index (κ1) is 14.5. The van der Waals surface area contributed by atoms with Crippen LogP contribution in [0.25, 0.3) is 0 Å². The van der Waals surface area contributed by atoms with Crippen molar-refractivity contribution in [3.05, 3.63) is 69.3 Å². The topological polar surface area (TPSA) is 26.0 Å². The Balaban J connectivity index is 2.15. The van der Waals surface area contributed by atoms with Crippen molar-refractivity contribution in [2.45, 2.75) is 31.7 Å². The Morgan fingerprint density at radius 2 is 1.58 bits per heavy atom. The molecule has 2 heteroatoms. The summed E-state index contributed by atoms with van der Waals surface area (Å²) < 4.78 is 1.26. The second-order valence-electron chi connectivity index (χ2n) is 5.52. The molecule has 0 spiro atoms. The van der Waals surface area contributed by atoms with Gasteiger partial charge in [0, 0.05) is 15.0 Å². The molecule has 2 rings (SSSR count). The van der Waals surface area contributed by atoms with Crippen molar-refractivity contribution in [2.24, 2.45) is 5.73 Å². The Kier molecular flexibility index (Phi) is 4.63. The zero-order chi connectivity index (χ0) is 13.9. The first-order chi connectivity index (χ1) is 9.00. The van der Waals surface area contributed by atoms with Crippen LogP contribution in [0.3, 0.4) is 0 Å². The van der Waals surface area contributed by atoms with E-state index in [1.165, 1.54) is 14.7 Å². The predicted molar refractivity (Wildman–Crippen MR) is 90.3 cm³/mol. The van der Waals surface area contributed by atoms with Crippen molar-refractivity contribution in [1.29, 1.82) is 0 Å². The van der Waals surface area contributed by atoms with Gasteiger partial charge in [0.25, 0.3) is 0 Å². The minimum absolute atomic E-state index is 0.0236. The summed E-state index contributed by atoms with van der Waals surface area (Å²) in [5.41, 5.74) is 9.03. The van der Waals surface area contributed by atoms with E-state index in [-0.39, 0.29) is 11.5 Å². The highest BCUT2D eigenvalue weighted by Gasteiger charge is 2.28. The normalized spacial score (nSPS) is 13.3. The van der Waals surface area contributed by atoms with Crippen molar-refractivity contribution in [2.75, 3.05) is 0 Å². The highest BCUT2D eigenvalue weighted by atomic mass is 127. The van der Waals surface area contributed by atoms with E-state index in [2.05, 4.69) is 85.0 Å². The first-order valence-electron chi connectivity index (χ1n) is 6.55. The molecule has 0 saturated carbocycles. The molecule has 0 radical (unpaired) electrons. The van der Waals surface area contributed by atoms with Crippen LogP contribution in [0.2, 0.25) is 0 Å².